The molecular formula is C21H27FN2O3. The lowest BCUT2D eigenvalue weighted by Gasteiger charge is -2.23. The maximum absolute atomic E-state index is 13.1. The highest BCUT2D eigenvalue weighted by Gasteiger charge is 2.16. The van der Waals surface area contributed by atoms with E-state index in [4.69, 9.17) is 9.47 Å². The van der Waals surface area contributed by atoms with Crippen molar-refractivity contribution in [2.45, 2.75) is 26.4 Å². The van der Waals surface area contributed by atoms with E-state index in [2.05, 4.69) is 24.5 Å². The zero-order chi connectivity index (χ0) is 19.8. The first-order valence-corrected chi connectivity index (χ1v) is 8.91. The van der Waals surface area contributed by atoms with Crippen LogP contribution in [0.2, 0.25) is 0 Å². The van der Waals surface area contributed by atoms with Crippen molar-refractivity contribution in [3.8, 4) is 11.5 Å². The quantitative estimate of drug-likeness (QED) is 0.706. The van der Waals surface area contributed by atoms with Crippen LogP contribution in [0.3, 0.4) is 0 Å². The molecule has 0 aliphatic heterocycles. The molecule has 1 amide bonds. The van der Waals surface area contributed by atoms with Gasteiger partial charge in [0.25, 0.3) is 0 Å². The lowest BCUT2D eigenvalue weighted by atomic mass is 9.96. The smallest absolute Gasteiger partial charge is 0.234 e. The summed E-state index contributed by atoms with van der Waals surface area (Å²) in [6, 6.07) is 11.8. The summed E-state index contributed by atoms with van der Waals surface area (Å²) in [6.07, 6.45) is 0. The number of benzene rings is 2. The summed E-state index contributed by atoms with van der Waals surface area (Å²) in [6.45, 7) is 4.68. The number of halogens is 1. The molecule has 0 aliphatic carbocycles. The highest BCUT2D eigenvalue weighted by Crippen LogP contribution is 2.27. The maximum atomic E-state index is 13.1. The number of hydrogen-bond acceptors (Lipinski definition) is 4. The van der Waals surface area contributed by atoms with Gasteiger partial charge in [-0.05, 0) is 41.3 Å². The van der Waals surface area contributed by atoms with E-state index in [9.17, 15) is 9.18 Å². The minimum atomic E-state index is -0.270. The monoisotopic (exact) mass is 374 g/mol. The third kappa shape index (κ3) is 5.96. The minimum Gasteiger partial charge on any atom is -0.493 e. The van der Waals surface area contributed by atoms with E-state index in [0.29, 0.717) is 18.0 Å². The zero-order valence-corrected chi connectivity index (χ0v) is 16.2. The van der Waals surface area contributed by atoms with Crippen LogP contribution in [0, 0.1) is 11.7 Å². The van der Waals surface area contributed by atoms with Crippen LogP contribution >= 0.6 is 0 Å². The Balaban J connectivity index is 1.90. The summed E-state index contributed by atoms with van der Waals surface area (Å²) in [5.41, 5.74) is 1.87. The normalized spacial score (nSPS) is 11.9. The SMILES string of the molecule is COc1ccc(CNC(=O)CN[C@@H](c2ccc(F)cc2)C(C)C)cc1OC. The van der Waals surface area contributed by atoms with Crippen LogP contribution in [0.4, 0.5) is 4.39 Å². The lowest BCUT2D eigenvalue weighted by molar-refractivity contribution is -0.120. The standard InChI is InChI=1S/C21H27FN2O3/c1-14(2)21(16-6-8-17(22)9-7-16)24-13-20(25)23-12-15-5-10-18(26-3)19(11-15)27-4/h5-11,14,21,24H,12-13H2,1-4H3,(H,23,25)/t21-/m1/s1. The van der Waals surface area contributed by atoms with Gasteiger partial charge in [0, 0.05) is 12.6 Å². The molecule has 2 rings (SSSR count). The van der Waals surface area contributed by atoms with Gasteiger partial charge >= 0.3 is 0 Å². The van der Waals surface area contributed by atoms with Crippen LogP contribution in [0.15, 0.2) is 42.5 Å². The van der Waals surface area contributed by atoms with Gasteiger partial charge in [-0.15, -0.1) is 0 Å². The molecule has 0 fully saturated rings. The fraction of sp³-hybridized carbons (Fsp3) is 0.381. The van der Waals surface area contributed by atoms with Crippen molar-refractivity contribution in [1.82, 2.24) is 10.6 Å². The van der Waals surface area contributed by atoms with Gasteiger partial charge in [-0.3, -0.25) is 4.79 Å². The van der Waals surface area contributed by atoms with E-state index >= 15 is 0 Å². The maximum Gasteiger partial charge on any atom is 0.234 e. The number of amides is 1. The molecule has 0 saturated carbocycles. The number of hydrogen-bond donors (Lipinski definition) is 2. The van der Waals surface area contributed by atoms with Crippen molar-refractivity contribution >= 4 is 5.91 Å². The van der Waals surface area contributed by atoms with Crippen molar-refractivity contribution in [3.63, 3.8) is 0 Å². The van der Waals surface area contributed by atoms with Gasteiger partial charge in [-0.2, -0.15) is 0 Å². The first-order chi connectivity index (χ1) is 12.9. The Morgan fingerprint density at radius 3 is 2.30 bits per heavy atom. The molecule has 0 radical (unpaired) electrons. The number of nitrogens with one attached hydrogen (secondary N) is 2. The molecule has 146 valence electrons. The second-order valence-electron chi connectivity index (χ2n) is 6.62. The fourth-order valence-electron chi connectivity index (χ4n) is 2.86. The molecule has 2 N–H and O–H groups in total. The first-order valence-electron chi connectivity index (χ1n) is 8.91. The molecule has 2 aromatic rings. The summed E-state index contributed by atoms with van der Waals surface area (Å²) in [5.74, 6) is 1.15. The molecule has 27 heavy (non-hydrogen) atoms. The van der Waals surface area contributed by atoms with Gasteiger partial charge in [0.15, 0.2) is 11.5 Å². The number of carbonyl (C=O) groups is 1. The number of carbonyl (C=O) groups excluding carboxylic acids is 1. The Morgan fingerprint density at radius 1 is 1.04 bits per heavy atom. The van der Waals surface area contributed by atoms with Crippen molar-refractivity contribution in [2.24, 2.45) is 5.92 Å². The average molecular weight is 374 g/mol. The Labute approximate surface area is 159 Å². The van der Waals surface area contributed by atoms with E-state index in [1.807, 2.05) is 18.2 Å². The van der Waals surface area contributed by atoms with E-state index < -0.39 is 0 Å². The zero-order valence-electron chi connectivity index (χ0n) is 16.2. The van der Waals surface area contributed by atoms with Crippen LogP contribution in [-0.2, 0) is 11.3 Å². The molecule has 2 aromatic carbocycles. The lowest BCUT2D eigenvalue weighted by Crippen LogP contribution is -2.37. The van der Waals surface area contributed by atoms with Crippen molar-refractivity contribution < 1.29 is 18.7 Å². The molecule has 0 unspecified atom stereocenters. The highest BCUT2D eigenvalue weighted by molar-refractivity contribution is 5.78. The number of methoxy groups -OCH3 is 2. The summed E-state index contributed by atoms with van der Waals surface area (Å²) in [7, 11) is 3.16. The number of ether oxygens (including phenoxy) is 2. The van der Waals surface area contributed by atoms with Crippen LogP contribution in [0.25, 0.3) is 0 Å². The molecular weight excluding hydrogens is 347 g/mol. The van der Waals surface area contributed by atoms with Gasteiger partial charge in [0.2, 0.25) is 5.91 Å². The van der Waals surface area contributed by atoms with Crippen LogP contribution in [0.1, 0.15) is 31.0 Å². The molecule has 0 aliphatic rings. The Hall–Kier alpha value is -2.60. The van der Waals surface area contributed by atoms with Gasteiger partial charge in [-0.25, -0.2) is 4.39 Å². The summed E-state index contributed by atoms with van der Waals surface area (Å²) < 4.78 is 23.6. The second-order valence-corrected chi connectivity index (χ2v) is 6.62. The van der Waals surface area contributed by atoms with Crippen molar-refractivity contribution in [3.05, 3.63) is 59.4 Å². The molecule has 0 heterocycles. The molecule has 0 saturated heterocycles. The highest BCUT2D eigenvalue weighted by atomic mass is 19.1. The predicted molar refractivity (Wildman–Crippen MR) is 103 cm³/mol. The third-order valence-corrected chi connectivity index (χ3v) is 4.32. The molecule has 6 heteroatoms. The van der Waals surface area contributed by atoms with E-state index in [1.54, 1.807) is 26.4 Å². The van der Waals surface area contributed by atoms with Crippen LogP contribution in [0.5, 0.6) is 11.5 Å². The third-order valence-electron chi connectivity index (χ3n) is 4.32. The molecule has 0 spiro atoms. The van der Waals surface area contributed by atoms with Crippen molar-refractivity contribution in [1.29, 1.82) is 0 Å². The molecule has 5 nitrogen and oxygen atoms in total. The topological polar surface area (TPSA) is 59.6 Å². The van der Waals surface area contributed by atoms with E-state index in [0.717, 1.165) is 11.1 Å². The van der Waals surface area contributed by atoms with Gasteiger partial charge in [0.1, 0.15) is 5.82 Å². The number of rotatable bonds is 9. The Bertz CT molecular complexity index is 748. The average Bonchev–Trinajstić information content (AvgIpc) is 2.67. The Morgan fingerprint density at radius 2 is 1.70 bits per heavy atom. The fourth-order valence-corrected chi connectivity index (χ4v) is 2.86. The summed E-state index contributed by atoms with van der Waals surface area (Å²) in [4.78, 5) is 12.2. The van der Waals surface area contributed by atoms with Gasteiger partial charge in [0.05, 0.1) is 20.8 Å². The predicted octanol–water partition coefficient (Wildman–Crippen LogP) is 3.45. The van der Waals surface area contributed by atoms with E-state index in [-0.39, 0.29) is 30.2 Å². The summed E-state index contributed by atoms with van der Waals surface area (Å²) >= 11 is 0. The van der Waals surface area contributed by atoms with Crippen LogP contribution in [-0.4, -0.2) is 26.7 Å². The summed E-state index contributed by atoms with van der Waals surface area (Å²) in [5, 5.41) is 6.14. The van der Waals surface area contributed by atoms with Crippen LogP contribution < -0.4 is 20.1 Å². The van der Waals surface area contributed by atoms with Gasteiger partial charge in [-0.1, -0.05) is 32.0 Å². The van der Waals surface area contributed by atoms with Gasteiger partial charge < -0.3 is 20.1 Å². The van der Waals surface area contributed by atoms with E-state index in [1.165, 1.54) is 12.1 Å². The molecule has 0 bridgehead atoms. The second kappa shape index (κ2) is 9.92. The van der Waals surface area contributed by atoms with Crippen molar-refractivity contribution in [2.75, 3.05) is 20.8 Å². The Kier molecular flexibility index (Phi) is 7.61. The largest absolute Gasteiger partial charge is 0.493 e. The molecule has 1 atom stereocenters. The molecule has 0 aromatic heterocycles. The minimum absolute atomic E-state index is 0.0302. The first kappa shape index (κ1) is 20.7.